The molecule has 0 bridgehead atoms. The van der Waals surface area contributed by atoms with Crippen LogP contribution in [0.4, 0.5) is 5.69 Å². The molecule has 0 saturated heterocycles. The molecule has 0 aromatic heterocycles. The first kappa shape index (κ1) is 15.7. The van der Waals surface area contributed by atoms with E-state index in [4.69, 9.17) is 22.1 Å². The molecule has 4 heteroatoms. The summed E-state index contributed by atoms with van der Waals surface area (Å²) in [7, 11) is 0. The van der Waals surface area contributed by atoms with Crippen molar-refractivity contribution in [2.75, 3.05) is 18.5 Å². The van der Waals surface area contributed by atoms with Crippen molar-refractivity contribution in [1.29, 1.82) is 0 Å². The van der Waals surface area contributed by atoms with E-state index in [2.05, 4.69) is 18.3 Å². The number of rotatable bonds is 7. The van der Waals surface area contributed by atoms with Gasteiger partial charge in [0.05, 0.1) is 12.6 Å². The molecule has 0 saturated carbocycles. The molecular weight excluding hydrogens is 284 g/mol. The number of nitrogens with one attached hydrogen (secondary N) is 1. The fourth-order valence-corrected chi connectivity index (χ4v) is 2.19. The lowest BCUT2D eigenvalue weighted by Gasteiger charge is -2.19. The van der Waals surface area contributed by atoms with Gasteiger partial charge in [-0.05, 0) is 48.4 Å². The summed E-state index contributed by atoms with van der Waals surface area (Å²) in [5.41, 5.74) is 8.01. The summed E-state index contributed by atoms with van der Waals surface area (Å²) in [6.07, 6.45) is 0.994. The predicted octanol–water partition coefficient (Wildman–Crippen LogP) is 4.24. The molecule has 3 N–H and O–H groups in total. The number of halogens is 1. The molecule has 0 heterocycles. The molecule has 0 amide bonds. The second kappa shape index (κ2) is 7.91. The van der Waals surface area contributed by atoms with Gasteiger partial charge in [0.15, 0.2) is 0 Å². The molecule has 0 fully saturated rings. The van der Waals surface area contributed by atoms with E-state index < -0.39 is 0 Å². The van der Waals surface area contributed by atoms with Gasteiger partial charge < -0.3 is 15.8 Å². The topological polar surface area (TPSA) is 47.3 Å². The second-order valence-electron chi connectivity index (χ2n) is 4.86. The minimum Gasteiger partial charge on any atom is -0.494 e. The highest BCUT2D eigenvalue weighted by molar-refractivity contribution is 6.30. The molecule has 0 aliphatic carbocycles. The maximum absolute atomic E-state index is 5.90. The molecule has 1 atom stereocenters. The summed E-state index contributed by atoms with van der Waals surface area (Å²) in [5, 5.41) is 4.14. The molecule has 2 aromatic carbocycles. The third-order valence-electron chi connectivity index (χ3n) is 3.15. The van der Waals surface area contributed by atoms with Crippen molar-refractivity contribution in [1.82, 2.24) is 0 Å². The molecule has 0 spiro atoms. The maximum Gasteiger partial charge on any atom is 0.119 e. The zero-order chi connectivity index (χ0) is 15.1. The molecule has 0 radical (unpaired) electrons. The lowest BCUT2D eigenvalue weighted by molar-refractivity contribution is 0.317. The van der Waals surface area contributed by atoms with Crippen LogP contribution in [0.15, 0.2) is 48.5 Å². The number of anilines is 1. The summed E-state index contributed by atoms with van der Waals surface area (Å²) in [4.78, 5) is 0. The number of hydrogen-bond acceptors (Lipinski definition) is 3. The van der Waals surface area contributed by atoms with Gasteiger partial charge in [-0.25, -0.2) is 0 Å². The minimum absolute atomic E-state index is 0.0383. The van der Waals surface area contributed by atoms with Crippen molar-refractivity contribution >= 4 is 17.3 Å². The molecule has 3 nitrogen and oxygen atoms in total. The van der Waals surface area contributed by atoms with Gasteiger partial charge in [0, 0.05) is 17.3 Å². The van der Waals surface area contributed by atoms with Crippen LogP contribution in [-0.4, -0.2) is 13.2 Å². The lowest BCUT2D eigenvalue weighted by Crippen LogP contribution is -2.20. The van der Waals surface area contributed by atoms with E-state index >= 15 is 0 Å². The monoisotopic (exact) mass is 304 g/mol. The van der Waals surface area contributed by atoms with Crippen molar-refractivity contribution in [3.8, 4) is 5.75 Å². The molecule has 0 aliphatic rings. The van der Waals surface area contributed by atoms with Crippen molar-refractivity contribution in [2.24, 2.45) is 5.73 Å². The van der Waals surface area contributed by atoms with Crippen LogP contribution in [-0.2, 0) is 0 Å². The molecule has 1 unspecified atom stereocenters. The Morgan fingerprint density at radius 2 is 1.95 bits per heavy atom. The van der Waals surface area contributed by atoms with Gasteiger partial charge in [0.1, 0.15) is 5.75 Å². The Bertz CT molecular complexity index is 557. The summed E-state index contributed by atoms with van der Waals surface area (Å²) in [6, 6.07) is 15.7. The fraction of sp³-hybridized carbons (Fsp3) is 0.294. The standard InChI is InChI=1S/C17H21ClN2O/c1-2-10-21-16-5-3-4-13(11-16)17(12-19)20-15-8-6-14(18)7-9-15/h3-9,11,17,20H,2,10,12,19H2,1H3. The zero-order valence-corrected chi connectivity index (χ0v) is 12.9. The van der Waals surface area contributed by atoms with Crippen LogP contribution in [0.2, 0.25) is 5.02 Å². The average molecular weight is 305 g/mol. The quantitative estimate of drug-likeness (QED) is 0.804. The van der Waals surface area contributed by atoms with Crippen LogP contribution in [0.3, 0.4) is 0 Å². The Hall–Kier alpha value is -1.71. The average Bonchev–Trinajstić information content (AvgIpc) is 2.52. The largest absolute Gasteiger partial charge is 0.494 e. The predicted molar refractivity (Wildman–Crippen MR) is 89.1 cm³/mol. The van der Waals surface area contributed by atoms with Crippen LogP contribution < -0.4 is 15.8 Å². The number of nitrogens with two attached hydrogens (primary N) is 1. The third-order valence-corrected chi connectivity index (χ3v) is 3.41. The summed E-state index contributed by atoms with van der Waals surface area (Å²) in [5.74, 6) is 0.880. The molecule has 2 rings (SSSR count). The van der Waals surface area contributed by atoms with E-state index in [0.717, 1.165) is 35.1 Å². The van der Waals surface area contributed by atoms with Gasteiger partial charge in [-0.15, -0.1) is 0 Å². The van der Waals surface area contributed by atoms with E-state index in [-0.39, 0.29) is 6.04 Å². The SMILES string of the molecule is CCCOc1cccc(C(CN)Nc2ccc(Cl)cc2)c1. The van der Waals surface area contributed by atoms with E-state index in [0.29, 0.717) is 6.54 Å². The first-order valence-corrected chi connectivity index (χ1v) is 7.55. The minimum atomic E-state index is 0.0383. The third kappa shape index (κ3) is 4.66. The van der Waals surface area contributed by atoms with Crippen molar-refractivity contribution in [3.05, 3.63) is 59.1 Å². The van der Waals surface area contributed by atoms with Crippen molar-refractivity contribution in [3.63, 3.8) is 0 Å². The summed E-state index contributed by atoms with van der Waals surface area (Å²) >= 11 is 5.90. The summed E-state index contributed by atoms with van der Waals surface area (Å²) < 4.78 is 5.67. The Labute approximate surface area is 131 Å². The van der Waals surface area contributed by atoms with Gasteiger partial charge in [0.2, 0.25) is 0 Å². The molecule has 112 valence electrons. The van der Waals surface area contributed by atoms with Gasteiger partial charge >= 0.3 is 0 Å². The number of benzene rings is 2. The highest BCUT2D eigenvalue weighted by Crippen LogP contribution is 2.23. The van der Waals surface area contributed by atoms with Crippen LogP contribution in [0, 0.1) is 0 Å². The van der Waals surface area contributed by atoms with Crippen LogP contribution in [0.1, 0.15) is 24.9 Å². The first-order chi connectivity index (χ1) is 10.2. The maximum atomic E-state index is 5.90. The van der Waals surface area contributed by atoms with E-state index in [1.54, 1.807) is 0 Å². The zero-order valence-electron chi connectivity index (χ0n) is 12.2. The Morgan fingerprint density at radius 1 is 1.19 bits per heavy atom. The van der Waals surface area contributed by atoms with Gasteiger partial charge in [0.25, 0.3) is 0 Å². The van der Waals surface area contributed by atoms with Gasteiger partial charge in [-0.1, -0.05) is 30.7 Å². The number of hydrogen-bond donors (Lipinski definition) is 2. The lowest BCUT2D eigenvalue weighted by atomic mass is 10.1. The van der Waals surface area contributed by atoms with Crippen LogP contribution in [0.5, 0.6) is 5.75 Å². The highest BCUT2D eigenvalue weighted by Gasteiger charge is 2.10. The second-order valence-corrected chi connectivity index (χ2v) is 5.30. The smallest absolute Gasteiger partial charge is 0.119 e. The molecular formula is C17H21ClN2O. The van der Waals surface area contributed by atoms with E-state index in [9.17, 15) is 0 Å². The van der Waals surface area contributed by atoms with E-state index in [1.807, 2.05) is 42.5 Å². The molecule has 21 heavy (non-hydrogen) atoms. The van der Waals surface area contributed by atoms with Gasteiger partial charge in [-0.2, -0.15) is 0 Å². The highest BCUT2D eigenvalue weighted by atomic mass is 35.5. The number of ether oxygens (including phenoxy) is 1. The Kier molecular flexibility index (Phi) is 5.90. The summed E-state index contributed by atoms with van der Waals surface area (Å²) in [6.45, 7) is 3.32. The van der Waals surface area contributed by atoms with Crippen molar-refractivity contribution < 1.29 is 4.74 Å². The van der Waals surface area contributed by atoms with Crippen LogP contribution >= 0.6 is 11.6 Å². The van der Waals surface area contributed by atoms with Gasteiger partial charge in [-0.3, -0.25) is 0 Å². The van der Waals surface area contributed by atoms with Crippen LogP contribution in [0.25, 0.3) is 0 Å². The van der Waals surface area contributed by atoms with Crippen molar-refractivity contribution in [2.45, 2.75) is 19.4 Å². The fourth-order valence-electron chi connectivity index (χ4n) is 2.07. The normalized spacial score (nSPS) is 12.0. The van der Waals surface area contributed by atoms with E-state index in [1.165, 1.54) is 0 Å². The first-order valence-electron chi connectivity index (χ1n) is 7.18. The Balaban J connectivity index is 2.11. The molecule has 2 aromatic rings. The Morgan fingerprint density at radius 3 is 2.62 bits per heavy atom. The molecule has 0 aliphatic heterocycles.